The van der Waals surface area contributed by atoms with Crippen LogP contribution in [0.3, 0.4) is 0 Å². The molecule has 6 nitrogen and oxygen atoms in total. The molecular formula is C20H29N3O3Si. The van der Waals surface area contributed by atoms with Gasteiger partial charge in [-0.3, -0.25) is 4.90 Å². The number of carbonyl (C=O) groups is 1. The van der Waals surface area contributed by atoms with Gasteiger partial charge in [-0.25, -0.2) is 9.48 Å². The molecule has 7 heteroatoms. The average molecular weight is 388 g/mol. The SMILES string of the molecule is Cc1nn(COCC[Si](C)(C)C)c2c1CN(C(=O)OCc1ccccc1)C2. The van der Waals surface area contributed by atoms with Crippen LogP contribution in [0.1, 0.15) is 22.5 Å². The van der Waals surface area contributed by atoms with E-state index in [0.717, 1.165) is 35.2 Å². The van der Waals surface area contributed by atoms with Crippen molar-refractivity contribution in [3.63, 3.8) is 0 Å². The van der Waals surface area contributed by atoms with Crippen LogP contribution >= 0.6 is 0 Å². The van der Waals surface area contributed by atoms with Crippen LogP contribution in [0, 0.1) is 6.92 Å². The molecule has 0 aliphatic carbocycles. The van der Waals surface area contributed by atoms with E-state index < -0.39 is 8.07 Å². The van der Waals surface area contributed by atoms with Gasteiger partial charge in [-0.2, -0.15) is 5.10 Å². The number of carbonyl (C=O) groups excluding carboxylic acids is 1. The maximum atomic E-state index is 12.4. The number of aryl methyl sites for hydroxylation is 1. The Labute approximate surface area is 162 Å². The lowest BCUT2D eigenvalue weighted by Gasteiger charge is -2.17. The molecule has 0 saturated heterocycles. The minimum Gasteiger partial charge on any atom is -0.445 e. The van der Waals surface area contributed by atoms with Gasteiger partial charge in [0.25, 0.3) is 0 Å². The smallest absolute Gasteiger partial charge is 0.410 e. The minimum absolute atomic E-state index is 0.289. The van der Waals surface area contributed by atoms with Crippen LogP contribution in [0.4, 0.5) is 4.79 Å². The number of rotatable bonds is 7. The number of aromatic nitrogens is 2. The highest BCUT2D eigenvalue weighted by atomic mass is 28.3. The van der Waals surface area contributed by atoms with E-state index in [0.29, 0.717) is 19.8 Å². The number of benzene rings is 1. The average Bonchev–Trinajstić information content (AvgIpc) is 3.18. The normalized spacial score (nSPS) is 13.7. The van der Waals surface area contributed by atoms with Gasteiger partial charge >= 0.3 is 6.09 Å². The summed E-state index contributed by atoms with van der Waals surface area (Å²) in [5.41, 5.74) is 4.11. The van der Waals surface area contributed by atoms with E-state index in [4.69, 9.17) is 9.47 Å². The molecule has 0 radical (unpaired) electrons. The monoisotopic (exact) mass is 387 g/mol. The van der Waals surface area contributed by atoms with E-state index in [9.17, 15) is 4.79 Å². The van der Waals surface area contributed by atoms with Crippen molar-refractivity contribution in [2.24, 2.45) is 0 Å². The predicted octanol–water partition coefficient (Wildman–Crippen LogP) is 4.16. The number of hydrogen-bond donors (Lipinski definition) is 0. The quantitative estimate of drug-likeness (QED) is 0.529. The lowest BCUT2D eigenvalue weighted by atomic mass is 10.2. The molecule has 2 aromatic rings. The second kappa shape index (κ2) is 8.27. The molecule has 0 unspecified atom stereocenters. The summed E-state index contributed by atoms with van der Waals surface area (Å²) in [6, 6.07) is 10.9. The summed E-state index contributed by atoms with van der Waals surface area (Å²) in [4.78, 5) is 14.1. The Kier molecular flexibility index (Phi) is 6.01. The van der Waals surface area contributed by atoms with Gasteiger partial charge in [-0.1, -0.05) is 50.0 Å². The largest absolute Gasteiger partial charge is 0.445 e. The summed E-state index contributed by atoms with van der Waals surface area (Å²) >= 11 is 0. The van der Waals surface area contributed by atoms with E-state index >= 15 is 0 Å². The van der Waals surface area contributed by atoms with Gasteiger partial charge in [0.15, 0.2) is 0 Å². The molecule has 0 spiro atoms. The zero-order valence-corrected chi connectivity index (χ0v) is 17.7. The van der Waals surface area contributed by atoms with Gasteiger partial charge in [0.2, 0.25) is 0 Å². The highest BCUT2D eigenvalue weighted by Gasteiger charge is 2.30. The van der Waals surface area contributed by atoms with Crippen LogP contribution in [0.15, 0.2) is 30.3 Å². The molecule has 0 bridgehead atoms. The lowest BCUT2D eigenvalue weighted by molar-refractivity contribution is 0.0725. The Hall–Kier alpha value is -2.12. The molecule has 27 heavy (non-hydrogen) atoms. The van der Waals surface area contributed by atoms with Crippen molar-refractivity contribution < 1.29 is 14.3 Å². The van der Waals surface area contributed by atoms with Gasteiger partial charge in [-0.15, -0.1) is 0 Å². The van der Waals surface area contributed by atoms with Crippen molar-refractivity contribution in [1.82, 2.24) is 14.7 Å². The molecule has 3 rings (SSSR count). The van der Waals surface area contributed by atoms with E-state index in [1.807, 2.05) is 41.9 Å². The number of amides is 1. The molecular weight excluding hydrogens is 358 g/mol. The van der Waals surface area contributed by atoms with Crippen molar-refractivity contribution >= 4 is 14.2 Å². The third-order valence-corrected chi connectivity index (χ3v) is 6.43. The van der Waals surface area contributed by atoms with Crippen molar-refractivity contribution in [2.45, 2.75) is 59.0 Å². The minimum atomic E-state index is -1.10. The number of hydrogen-bond acceptors (Lipinski definition) is 4. The number of ether oxygens (including phenoxy) is 2. The van der Waals surface area contributed by atoms with Crippen LogP contribution in [0.25, 0.3) is 0 Å². The van der Waals surface area contributed by atoms with Crippen molar-refractivity contribution in [3.8, 4) is 0 Å². The Morgan fingerprint density at radius 1 is 1.19 bits per heavy atom. The summed E-state index contributed by atoms with van der Waals surface area (Å²) in [6.07, 6.45) is -0.291. The molecule has 0 N–H and O–H groups in total. The summed E-state index contributed by atoms with van der Waals surface area (Å²) in [5, 5.41) is 4.58. The molecule has 0 saturated carbocycles. The molecule has 146 valence electrons. The van der Waals surface area contributed by atoms with Gasteiger partial charge in [-0.05, 0) is 18.5 Å². The molecule has 1 amide bonds. The molecule has 1 aliphatic heterocycles. The zero-order valence-electron chi connectivity index (χ0n) is 16.7. The summed E-state index contributed by atoms with van der Waals surface area (Å²) in [7, 11) is -1.10. The maximum absolute atomic E-state index is 12.4. The first-order valence-corrected chi connectivity index (χ1v) is 13.1. The van der Waals surface area contributed by atoms with Gasteiger partial charge in [0, 0.05) is 20.2 Å². The number of nitrogens with zero attached hydrogens (tertiary/aromatic N) is 3. The second-order valence-corrected chi connectivity index (χ2v) is 13.9. The first-order chi connectivity index (χ1) is 12.8. The summed E-state index contributed by atoms with van der Waals surface area (Å²) in [5.74, 6) is 0. The van der Waals surface area contributed by atoms with E-state index in [1.165, 1.54) is 0 Å². The Morgan fingerprint density at radius 2 is 1.93 bits per heavy atom. The predicted molar refractivity (Wildman–Crippen MR) is 107 cm³/mol. The third kappa shape index (κ3) is 5.20. The van der Waals surface area contributed by atoms with Gasteiger partial charge < -0.3 is 9.47 Å². The molecule has 0 fully saturated rings. The van der Waals surface area contributed by atoms with Gasteiger partial charge in [0.1, 0.15) is 13.3 Å². The maximum Gasteiger partial charge on any atom is 0.410 e. The Morgan fingerprint density at radius 3 is 2.63 bits per heavy atom. The Balaban J connectivity index is 1.54. The van der Waals surface area contributed by atoms with Crippen LogP contribution < -0.4 is 0 Å². The zero-order chi connectivity index (χ0) is 19.4. The standard InChI is InChI=1S/C20H29N3O3Si/c1-16-18-12-22(20(24)26-14-17-8-6-5-7-9-17)13-19(18)23(21-16)15-25-10-11-27(2,3)4/h5-9H,10-15H2,1-4H3. The number of fused-ring (bicyclic) bond motifs is 1. The molecule has 1 aliphatic rings. The topological polar surface area (TPSA) is 56.6 Å². The molecule has 1 aromatic carbocycles. The van der Waals surface area contributed by atoms with Crippen molar-refractivity contribution in [3.05, 3.63) is 52.8 Å². The fourth-order valence-electron chi connectivity index (χ4n) is 3.05. The molecule has 1 aromatic heterocycles. The van der Waals surface area contributed by atoms with Crippen molar-refractivity contribution in [2.75, 3.05) is 6.61 Å². The first kappa shape index (κ1) is 19.6. The molecule has 0 atom stereocenters. The third-order valence-electron chi connectivity index (χ3n) is 4.73. The van der Waals surface area contributed by atoms with Crippen LogP contribution in [0.2, 0.25) is 25.7 Å². The second-order valence-electron chi connectivity index (χ2n) is 8.25. The highest BCUT2D eigenvalue weighted by Crippen LogP contribution is 2.26. The first-order valence-electron chi connectivity index (χ1n) is 9.42. The fraction of sp³-hybridized carbons (Fsp3) is 0.500. The summed E-state index contributed by atoms with van der Waals surface area (Å²) in [6.45, 7) is 11.5. The Bertz CT molecular complexity index is 784. The molecule has 2 heterocycles. The van der Waals surface area contributed by atoms with Gasteiger partial charge in [0.05, 0.1) is 24.5 Å². The van der Waals surface area contributed by atoms with Crippen molar-refractivity contribution in [1.29, 1.82) is 0 Å². The van der Waals surface area contributed by atoms with E-state index in [2.05, 4.69) is 24.7 Å². The lowest BCUT2D eigenvalue weighted by Crippen LogP contribution is -2.27. The van der Waals surface area contributed by atoms with E-state index in [1.54, 1.807) is 4.90 Å². The highest BCUT2D eigenvalue weighted by molar-refractivity contribution is 6.76. The van der Waals surface area contributed by atoms with Crippen LogP contribution in [-0.4, -0.2) is 35.5 Å². The van der Waals surface area contributed by atoms with Crippen LogP contribution in [0.5, 0.6) is 0 Å². The fourth-order valence-corrected chi connectivity index (χ4v) is 3.81. The van der Waals surface area contributed by atoms with E-state index in [-0.39, 0.29) is 12.7 Å². The summed E-state index contributed by atoms with van der Waals surface area (Å²) < 4.78 is 13.2. The van der Waals surface area contributed by atoms with Crippen LogP contribution in [-0.2, 0) is 35.9 Å².